The van der Waals surface area contributed by atoms with Gasteiger partial charge in [-0.2, -0.15) is 0 Å². The number of nitrogens with zero attached hydrogens (tertiary/aromatic N) is 2. The minimum atomic E-state index is -1.60. The molecule has 0 amide bonds. The first-order valence-electron chi connectivity index (χ1n) is 16.0. The third-order valence-electron chi connectivity index (χ3n) is 6.60. The largest absolute Gasteiger partial charge is 0.305 e. The molecule has 0 saturated heterocycles. The van der Waals surface area contributed by atoms with Crippen LogP contribution in [0.5, 0.6) is 0 Å². The van der Waals surface area contributed by atoms with Crippen LogP contribution in [0.1, 0.15) is 27.7 Å². The van der Waals surface area contributed by atoms with Crippen molar-refractivity contribution in [3.05, 3.63) is 174 Å². The second-order valence-corrected chi connectivity index (χ2v) is 15.9. The third-order valence-corrected chi connectivity index (χ3v) is 8.63. The number of benzene rings is 4. The van der Waals surface area contributed by atoms with Crippen LogP contribution in [0.15, 0.2) is 140 Å². The first-order valence-corrected chi connectivity index (χ1v) is 17.5. The van der Waals surface area contributed by atoms with E-state index in [2.05, 4.69) is 47.8 Å². The molecule has 0 aliphatic carbocycles. The molecule has 0 aliphatic rings. The van der Waals surface area contributed by atoms with Crippen molar-refractivity contribution in [3.8, 4) is 22.5 Å². The molecule has 4 aromatic carbocycles. The van der Waals surface area contributed by atoms with Crippen molar-refractivity contribution in [3.63, 3.8) is 0 Å². The fourth-order valence-electron chi connectivity index (χ4n) is 4.31. The van der Waals surface area contributed by atoms with Crippen LogP contribution >= 0.6 is 0 Å². The zero-order chi connectivity index (χ0) is 32.8. The van der Waals surface area contributed by atoms with Gasteiger partial charge in [-0.3, -0.25) is 0 Å². The Morgan fingerprint density at radius 3 is 1.93 bits per heavy atom. The first-order chi connectivity index (χ1) is 22.0. The molecule has 2 aromatic heterocycles. The zero-order valence-electron chi connectivity index (χ0n) is 28.5. The Labute approximate surface area is 276 Å². The van der Waals surface area contributed by atoms with Gasteiger partial charge in [0.15, 0.2) is 0 Å². The summed E-state index contributed by atoms with van der Waals surface area (Å²) < 4.78 is 34.1. The number of pyridine rings is 2. The van der Waals surface area contributed by atoms with Crippen molar-refractivity contribution < 1.29 is 25.6 Å². The molecule has 4 heteroatoms. The summed E-state index contributed by atoms with van der Waals surface area (Å²) in [6, 6.07) is 45.4. The van der Waals surface area contributed by atoms with E-state index in [1.807, 2.05) is 103 Å². The van der Waals surface area contributed by atoms with Gasteiger partial charge in [0.1, 0.15) is 0 Å². The van der Waals surface area contributed by atoms with Crippen LogP contribution in [-0.4, -0.2) is 18.0 Å². The molecule has 2 nitrogen and oxygen atoms in total. The van der Waals surface area contributed by atoms with Gasteiger partial charge in [0.05, 0.1) is 8.07 Å². The molecule has 43 heavy (non-hydrogen) atoms. The summed E-state index contributed by atoms with van der Waals surface area (Å²) in [7, 11) is -1.41. The van der Waals surface area contributed by atoms with Crippen LogP contribution in [0.25, 0.3) is 22.5 Å². The van der Waals surface area contributed by atoms with Crippen LogP contribution in [0.4, 0.5) is 0 Å². The number of rotatable bonds is 7. The summed E-state index contributed by atoms with van der Waals surface area (Å²) in [5, 5.41) is 1.29. The van der Waals surface area contributed by atoms with Crippen LogP contribution in [0.2, 0.25) is 19.6 Å². The van der Waals surface area contributed by atoms with Gasteiger partial charge in [-0.05, 0) is 46.5 Å². The maximum atomic E-state index is 8.67. The molecule has 0 spiro atoms. The average molecular weight is 757 g/mol. The quantitative estimate of drug-likeness (QED) is 0.120. The summed E-state index contributed by atoms with van der Waals surface area (Å²) in [6.45, 7) is 6.87. The molecule has 2 heterocycles. The minimum absolute atomic E-state index is 0. The standard InChI is InChI=1S/C21H22NSi.C18H14N.Ir/c1-23(2,3)19-13-14-21(22-16-19)20-12-8-7-11-18(20)15-17-9-5-4-6-10-17;1-3-7-15(8-4-1)13-16-11-12-19-18(14-16)17-9-5-2-6-10-17;/h4-11,13-14,16H,15H2,1-3H3;1-9,11-12,14H,13H2;/q2*-1;/i15D2;13D2;. The van der Waals surface area contributed by atoms with E-state index in [9.17, 15) is 0 Å². The van der Waals surface area contributed by atoms with E-state index in [4.69, 9.17) is 5.48 Å². The SMILES string of the molecule is [2H]C([2H])(c1ccccc1)c1ccc[c-]c1-c1ccc([Si](C)(C)C)cn1.[2H]C([2H])(c1ccccc1)c1ccnc(-c2[c-]cccc2)c1.[Ir]. The summed E-state index contributed by atoms with van der Waals surface area (Å²) in [5.74, 6) is 0. The predicted molar refractivity (Wildman–Crippen MR) is 178 cm³/mol. The topological polar surface area (TPSA) is 25.8 Å². The van der Waals surface area contributed by atoms with Crippen LogP contribution in [-0.2, 0) is 32.9 Å². The van der Waals surface area contributed by atoms with Gasteiger partial charge in [-0.15, -0.1) is 71.3 Å². The van der Waals surface area contributed by atoms with Gasteiger partial charge >= 0.3 is 0 Å². The molecule has 0 saturated carbocycles. The number of aromatic nitrogens is 2. The van der Waals surface area contributed by atoms with Gasteiger partial charge < -0.3 is 9.97 Å². The van der Waals surface area contributed by atoms with Gasteiger partial charge in [-0.1, -0.05) is 104 Å². The molecular formula is C39H36IrN2Si-2. The Balaban J connectivity index is 0.000000211. The van der Waals surface area contributed by atoms with Crippen molar-refractivity contribution in [1.29, 1.82) is 0 Å². The zero-order valence-corrected chi connectivity index (χ0v) is 27.9. The van der Waals surface area contributed by atoms with Crippen molar-refractivity contribution in [1.82, 2.24) is 9.97 Å². The normalized spacial score (nSPS) is 12.7. The molecule has 6 aromatic rings. The van der Waals surface area contributed by atoms with Gasteiger partial charge in [-0.25, -0.2) is 0 Å². The molecule has 0 unspecified atom stereocenters. The van der Waals surface area contributed by atoms with Gasteiger partial charge in [0.25, 0.3) is 0 Å². The molecule has 0 aliphatic heterocycles. The van der Waals surface area contributed by atoms with Crippen molar-refractivity contribution >= 4 is 13.3 Å². The first kappa shape index (κ1) is 26.7. The van der Waals surface area contributed by atoms with E-state index in [0.717, 1.165) is 22.5 Å². The van der Waals surface area contributed by atoms with Crippen LogP contribution < -0.4 is 5.19 Å². The van der Waals surface area contributed by atoms with Crippen LogP contribution in [0, 0.1) is 12.1 Å². The number of hydrogen-bond acceptors (Lipinski definition) is 2. The minimum Gasteiger partial charge on any atom is -0.305 e. The fourth-order valence-corrected chi connectivity index (χ4v) is 5.35. The summed E-state index contributed by atoms with van der Waals surface area (Å²) in [4.78, 5) is 8.94. The molecule has 1 radical (unpaired) electrons. The second kappa shape index (κ2) is 15.5. The van der Waals surface area contributed by atoms with Crippen LogP contribution in [0.3, 0.4) is 0 Å². The predicted octanol–water partition coefficient (Wildman–Crippen LogP) is 8.82. The molecule has 0 atom stereocenters. The van der Waals surface area contributed by atoms with Gasteiger partial charge in [0, 0.05) is 38.0 Å². The van der Waals surface area contributed by atoms with Crippen molar-refractivity contribution in [2.45, 2.75) is 32.4 Å². The maximum absolute atomic E-state index is 8.67. The van der Waals surface area contributed by atoms with E-state index in [1.54, 1.807) is 30.5 Å². The Bertz CT molecular complexity index is 1860. The van der Waals surface area contributed by atoms with Crippen molar-refractivity contribution in [2.75, 3.05) is 0 Å². The van der Waals surface area contributed by atoms with Crippen molar-refractivity contribution in [2.24, 2.45) is 0 Å². The Morgan fingerprint density at radius 1 is 0.628 bits per heavy atom. The van der Waals surface area contributed by atoms with E-state index < -0.39 is 20.8 Å². The molecule has 217 valence electrons. The summed E-state index contributed by atoms with van der Waals surface area (Å²) in [5.41, 5.74) is 5.53. The molecule has 0 N–H and O–H groups in total. The Hall–Kier alpha value is -3.95. The summed E-state index contributed by atoms with van der Waals surface area (Å²) >= 11 is 0. The monoisotopic (exact) mass is 757 g/mol. The van der Waals surface area contributed by atoms with Gasteiger partial charge in [0.2, 0.25) is 0 Å². The van der Waals surface area contributed by atoms with E-state index >= 15 is 0 Å². The van der Waals surface area contributed by atoms with E-state index in [0.29, 0.717) is 22.3 Å². The molecule has 0 bridgehead atoms. The van der Waals surface area contributed by atoms with E-state index in [-0.39, 0.29) is 20.1 Å². The molecule has 0 fully saturated rings. The summed E-state index contributed by atoms with van der Waals surface area (Å²) in [6.07, 6.45) is 0.428. The average Bonchev–Trinajstić information content (AvgIpc) is 3.09. The van der Waals surface area contributed by atoms with E-state index in [1.165, 1.54) is 5.19 Å². The molecular weight excluding hydrogens is 717 g/mol. The number of hydrogen-bond donors (Lipinski definition) is 0. The Morgan fingerprint density at radius 2 is 1.30 bits per heavy atom. The molecule has 6 rings (SSSR count). The third kappa shape index (κ3) is 9.26. The second-order valence-electron chi connectivity index (χ2n) is 10.8. The smallest absolute Gasteiger partial charge is 0.0795 e. The maximum Gasteiger partial charge on any atom is 0.0795 e. The Kier molecular flexibility index (Phi) is 9.61. The fraction of sp³-hybridized carbons (Fsp3) is 0.128.